The van der Waals surface area contributed by atoms with E-state index in [1.54, 1.807) is 0 Å². The molecule has 0 radical (unpaired) electrons. The van der Waals surface area contributed by atoms with Crippen molar-refractivity contribution in [3.63, 3.8) is 0 Å². The van der Waals surface area contributed by atoms with Crippen LogP contribution in [0.25, 0.3) is 0 Å². The summed E-state index contributed by atoms with van der Waals surface area (Å²) in [7, 11) is 0. The Morgan fingerprint density at radius 1 is 1.60 bits per heavy atom. The molecule has 0 aromatic carbocycles. The average Bonchev–Trinajstić information content (AvgIpc) is 0.811. The minimum absolute atomic E-state index is 0. The molecular formula is H6AsNO3. The topological polar surface area (TPSA) is 98.2 Å². The Kier molecular flexibility index (Phi) is 7.61. The Balaban J connectivity index is -0.0000000150. The third-order valence-electron chi connectivity index (χ3n) is 0. The average molecular weight is 143 g/mol. The predicted octanol–water partition coefficient (Wildman–Crippen LogP) is -2.76. The van der Waals surface area contributed by atoms with E-state index in [1.807, 2.05) is 0 Å². The molecule has 0 amide bonds. The number of rotatable bonds is 0. The van der Waals surface area contributed by atoms with E-state index in [-0.39, 0.29) is 9.00 Å². The predicted molar refractivity (Wildman–Crippen MR) is 15.1 cm³/mol. The van der Waals surface area contributed by atoms with Gasteiger partial charge in [-0.2, -0.15) is 0 Å². The second-order valence-corrected chi connectivity index (χ2v) is 1.30. The van der Waals surface area contributed by atoms with Gasteiger partial charge in [-0.05, 0) is 0 Å². The van der Waals surface area contributed by atoms with Gasteiger partial charge in [0.2, 0.25) is 0 Å². The van der Waals surface area contributed by atoms with Crippen molar-refractivity contribution in [2.45, 2.75) is 0 Å². The van der Waals surface area contributed by atoms with Crippen LogP contribution in [0.1, 0.15) is 2.85 Å². The number of hydrogen-bond acceptors (Lipinski definition) is 4. The van der Waals surface area contributed by atoms with E-state index in [9.17, 15) is 0 Å². The van der Waals surface area contributed by atoms with E-state index in [0.717, 1.165) is 0 Å². The van der Waals surface area contributed by atoms with Gasteiger partial charge in [0.1, 0.15) is 0 Å². The minimum atomic E-state index is -4.08. The minimum Gasteiger partial charge on any atom is 1.00 e. The molecule has 0 spiro atoms. The van der Waals surface area contributed by atoms with Crippen molar-refractivity contribution in [2.24, 2.45) is 0 Å². The fourth-order valence-corrected chi connectivity index (χ4v) is 0. The quantitative estimate of drug-likeness (QED) is 0.371. The SMILES string of the molecule is N.O=[AsH]([O-])[O-].[H+].[H+]. The summed E-state index contributed by atoms with van der Waals surface area (Å²) in [5.41, 5.74) is 0. The van der Waals surface area contributed by atoms with Crippen molar-refractivity contribution < 1.29 is 14.8 Å². The smallest absolute Gasteiger partial charge is 1.00 e. The fourth-order valence-electron chi connectivity index (χ4n) is 0. The molecule has 0 aromatic rings. The summed E-state index contributed by atoms with van der Waals surface area (Å²) in [5, 5.41) is 0. The molecule has 5 heteroatoms. The van der Waals surface area contributed by atoms with E-state index in [2.05, 4.69) is 0 Å². The van der Waals surface area contributed by atoms with Crippen LogP contribution in [0.5, 0.6) is 0 Å². The summed E-state index contributed by atoms with van der Waals surface area (Å²) in [6.07, 6.45) is 0. The second kappa shape index (κ2) is 4.24. The van der Waals surface area contributed by atoms with Crippen LogP contribution in [0.2, 0.25) is 0 Å². The van der Waals surface area contributed by atoms with E-state index in [1.165, 1.54) is 0 Å². The summed E-state index contributed by atoms with van der Waals surface area (Å²) in [4.78, 5) is 0. The van der Waals surface area contributed by atoms with E-state index < -0.39 is 15.3 Å². The van der Waals surface area contributed by atoms with Gasteiger partial charge in [-0.3, -0.25) is 0 Å². The zero-order valence-corrected chi connectivity index (χ0v) is 4.53. The van der Waals surface area contributed by atoms with Crippen molar-refractivity contribution in [2.75, 3.05) is 0 Å². The molecule has 0 unspecified atom stereocenters. The molecular weight excluding hydrogens is 137 g/mol. The molecule has 5 heavy (non-hydrogen) atoms. The zero-order valence-electron chi connectivity index (χ0n) is 4.43. The van der Waals surface area contributed by atoms with Crippen LogP contribution in [-0.4, -0.2) is 15.3 Å². The van der Waals surface area contributed by atoms with Crippen LogP contribution in [-0.2, 0) is 3.74 Å². The van der Waals surface area contributed by atoms with Crippen molar-refractivity contribution in [3.8, 4) is 0 Å². The molecule has 0 aliphatic carbocycles. The maximum Gasteiger partial charge on any atom is 1.00 e. The number of hydrogen-bond donors (Lipinski definition) is 1. The van der Waals surface area contributed by atoms with Gasteiger partial charge in [-0.15, -0.1) is 0 Å². The third-order valence-corrected chi connectivity index (χ3v) is 0. The Morgan fingerprint density at radius 2 is 1.60 bits per heavy atom. The molecule has 0 aromatic heterocycles. The third kappa shape index (κ3) is 374. The van der Waals surface area contributed by atoms with Crippen molar-refractivity contribution in [1.82, 2.24) is 6.15 Å². The van der Waals surface area contributed by atoms with Crippen LogP contribution in [0, 0.1) is 0 Å². The monoisotopic (exact) mass is 143 g/mol. The zero-order chi connectivity index (χ0) is 3.58. The van der Waals surface area contributed by atoms with Gasteiger partial charge in [-0.1, -0.05) is 0 Å². The molecule has 34 valence electrons. The van der Waals surface area contributed by atoms with Gasteiger partial charge in [0, 0.05) is 0 Å². The van der Waals surface area contributed by atoms with Gasteiger partial charge in [0.05, 0.1) is 0 Å². The largest absolute Gasteiger partial charge is 1.00 e. The molecule has 0 aliphatic rings. The first-order valence-corrected chi connectivity index (χ1v) is 3.18. The van der Waals surface area contributed by atoms with Crippen LogP contribution in [0.15, 0.2) is 0 Å². The molecule has 4 nitrogen and oxygen atoms in total. The molecule has 0 aliphatic heterocycles. The van der Waals surface area contributed by atoms with Crippen molar-refractivity contribution in [3.05, 3.63) is 0 Å². The Bertz CT molecular complexity index is 35.9. The Labute approximate surface area is 37.2 Å². The standard InChI is InChI=1S/AsH3O3.H3N/c2-1(3)4;/h1H,(H2,2,3,4);1H3. The van der Waals surface area contributed by atoms with Crippen molar-refractivity contribution in [1.29, 1.82) is 0 Å². The summed E-state index contributed by atoms with van der Waals surface area (Å²) >= 11 is -4.08. The molecule has 0 saturated carbocycles. The molecule has 0 bridgehead atoms. The van der Waals surface area contributed by atoms with Crippen LogP contribution < -0.4 is 14.3 Å². The fraction of sp³-hybridized carbons (Fsp3) is 0. The van der Waals surface area contributed by atoms with E-state index in [0.29, 0.717) is 0 Å². The first kappa shape index (κ1) is 8.97. The first-order chi connectivity index (χ1) is 1.73. The van der Waals surface area contributed by atoms with Crippen LogP contribution in [0.4, 0.5) is 0 Å². The molecule has 0 saturated heterocycles. The molecule has 3 N–H and O–H groups in total. The van der Waals surface area contributed by atoms with Gasteiger partial charge in [-0.25, -0.2) is 0 Å². The summed E-state index contributed by atoms with van der Waals surface area (Å²) in [5.74, 6) is 0. The summed E-state index contributed by atoms with van der Waals surface area (Å²) in [6, 6.07) is 0. The Morgan fingerprint density at radius 3 is 1.60 bits per heavy atom. The maximum absolute atomic E-state index is 8.58. The molecule has 0 atom stereocenters. The summed E-state index contributed by atoms with van der Waals surface area (Å²) < 4.78 is 25.8. The van der Waals surface area contributed by atoms with Crippen LogP contribution in [0.3, 0.4) is 0 Å². The van der Waals surface area contributed by atoms with Gasteiger partial charge in [0.25, 0.3) is 0 Å². The van der Waals surface area contributed by atoms with E-state index in [4.69, 9.17) is 11.9 Å². The Hall–Kier alpha value is 0.238. The molecule has 0 rings (SSSR count). The van der Waals surface area contributed by atoms with Gasteiger partial charge >= 0.3 is 30.1 Å². The summed E-state index contributed by atoms with van der Waals surface area (Å²) in [6.45, 7) is 0. The van der Waals surface area contributed by atoms with E-state index >= 15 is 0 Å². The van der Waals surface area contributed by atoms with Crippen LogP contribution >= 0.6 is 0 Å². The molecule has 0 heterocycles. The van der Waals surface area contributed by atoms with Crippen molar-refractivity contribution >= 4 is 15.3 Å². The van der Waals surface area contributed by atoms with Gasteiger partial charge < -0.3 is 6.15 Å². The van der Waals surface area contributed by atoms with Gasteiger partial charge in [0.15, 0.2) is 0 Å². The normalized spacial score (nSPS) is 7.00. The molecule has 0 fully saturated rings. The second-order valence-electron chi connectivity index (χ2n) is 0.250. The maximum atomic E-state index is 8.58. The first-order valence-electron chi connectivity index (χ1n) is 0.612.